The van der Waals surface area contributed by atoms with Gasteiger partial charge in [0.15, 0.2) is 0 Å². The summed E-state index contributed by atoms with van der Waals surface area (Å²) in [5, 5.41) is 78.1. The van der Waals surface area contributed by atoms with Gasteiger partial charge in [0.1, 0.15) is 42.0 Å². The summed E-state index contributed by atoms with van der Waals surface area (Å²) >= 11 is 0. The number of aliphatic hydroxyl groups excluding tert-OH is 5. The molecule has 1 aromatic rings. The molecule has 0 aromatic heterocycles. The van der Waals surface area contributed by atoms with Crippen molar-refractivity contribution in [3.8, 4) is 5.75 Å². The topological polar surface area (TPSA) is 307 Å². The zero-order chi connectivity index (χ0) is 52.9. The number of nitrogens with zero attached hydrogens (tertiary/aromatic N) is 2. The predicted molar refractivity (Wildman–Crippen MR) is 267 cm³/mol. The van der Waals surface area contributed by atoms with Crippen LogP contribution in [0.4, 0.5) is 0 Å². The van der Waals surface area contributed by atoms with Crippen molar-refractivity contribution >= 4 is 41.4 Å². The van der Waals surface area contributed by atoms with Crippen molar-refractivity contribution in [3.63, 3.8) is 0 Å². The fourth-order valence-electron chi connectivity index (χ4n) is 9.88. The highest BCUT2D eigenvalue weighted by atomic mass is 16.3. The molecule has 11 N–H and O–H groups in total. The van der Waals surface area contributed by atoms with Crippen molar-refractivity contribution in [2.75, 3.05) is 19.6 Å². The monoisotopic (exact) mass is 1020 g/mol. The fourth-order valence-corrected chi connectivity index (χ4v) is 9.88. The van der Waals surface area contributed by atoms with E-state index in [0.29, 0.717) is 12.0 Å². The van der Waals surface area contributed by atoms with Gasteiger partial charge in [-0.1, -0.05) is 116 Å². The Morgan fingerprint density at radius 2 is 1.19 bits per heavy atom. The molecule has 3 saturated heterocycles. The minimum atomic E-state index is -1.88. The van der Waals surface area contributed by atoms with Crippen LogP contribution >= 0.6 is 0 Å². The smallest absolute Gasteiger partial charge is 0.248 e. The summed E-state index contributed by atoms with van der Waals surface area (Å²) in [7, 11) is 0. The van der Waals surface area contributed by atoms with E-state index in [9.17, 15) is 64.2 Å². The first-order valence-corrected chi connectivity index (χ1v) is 26.6. The Bertz CT molecular complexity index is 1900. The molecule has 0 spiro atoms. The van der Waals surface area contributed by atoms with Gasteiger partial charge >= 0.3 is 0 Å². The van der Waals surface area contributed by atoms with E-state index in [1.165, 1.54) is 102 Å². The standard InChI is InChI=1S/C52H85N7O13/c1-5-6-7-8-9-10-11-12-13-14-15-16-17-18-19-22-41(65)54-38-21-20-27-53-50(70)45-46(66)32(2)30-59(45)52(72)43(34(4)61)56-49(69)44(40(64)28-35-23-25-36(62)26-24-35)57-48(68)39-29-37(63)31-58(39)51(71)42(33(3)60)55-47(38)67/h23-26,32-34,37-40,42-46,60-64,66H,5-22,27-31H2,1-4H3,(H,53,70)(H,54,65)(H,55,67)(H,56,69)(H,57,68). The second-order valence-corrected chi connectivity index (χ2v) is 20.4. The van der Waals surface area contributed by atoms with Crippen LogP contribution in [-0.4, -0.2) is 168 Å². The number of amides is 7. The molecule has 7 amide bonds. The van der Waals surface area contributed by atoms with Crippen molar-refractivity contribution in [1.29, 1.82) is 0 Å². The molecular weight excluding hydrogens is 931 g/mol. The van der Waals surface area contributed by atoms with E-state index < -0.39 is 121 Å². The molecule has 4 rings (SSSR count). The Labute approximate surface area is 424 Å². The lowest BCUT2D eigenvalue weighted by molar-refractivity contribution is -0.147. The molecule has 3 aliphatic rings. The van der Waals surface area contributed by atoms with Gasteiger partial charge in [0.25, 0.3) is 0 Å². The zero-order valence-electron chi connectivity index (χ0n) is 42.9. The molecular formula is C52H85N7O13. The van der Waals surface area contributed by atoms with E-state index in [-0.39, 0.29) is 50.9 Å². The number of aromatic hydroxyl groups is 1. The van der Waals surface area contributed by atoms with Gasteiger partial charge in [-0.15, -0.1) is 0 Å². The Balaban J connectivity index is 1.53. The fraction of sp³-hybridized carbons (Fsp3) is 0.750. The number of rotatable bonds is 22. The molecule has 406 valence electrons. The lowest BCUT2D eigenvalue weighted by atomic mass is 9.99. The molecule has 20 nitrogen and oxygen atoms in total. The second kappa shape index (κ2) is 30.3. The van der Waals surface area contributed by atoms with Gasteiger partial charge in [-0.2, -0.15) is 0 Å². The van der Waals surface area contributed by atoms with E-state index in [1.54, 1.807) is 6.92 Å². The first-order valence-electron chi connectivity index (χ1n) is 26.6. The van der Waals surface area contributed by atoms with Crippen LogP contribution in [0.3, 0.4) is 0 Å². The predicted octanol–water partition coefficient (Wildman–Crippen LogP) is 1.34. The molecule has 72 heavy (non-hydrogen) atoms. The summed E-state index contributed by atoms with van der Waals surface area (Å²) in [5.41, 5.74) is 0.421. The number of hydrogen-bond acceptors (Lipinski definition) is 13. The van der Waals surface area contributed by atoms with Crippen LogP contribution in [-0.2, 0) is 40.0 Å². The third-order valence-electron chi connectivity index (χ3n) is 14.2. The molecule has 0 bridgehead atoms. The Morgan fingerprint density at radius 1 is 0.681 bits per heavy atom. The summed E-state index contributed by atoms with van der Waals surface area (Å²) < 4.78 is 0. The van der Waals surface area contributed by atoms with Crippen molar-refractivity contribution < 1.29 is 64.2 Å². The van der Waals surface area contributed by atoms with Gasteiger partial charge in [0.05, 0.1) is 30.5 Å². The van der Waals surface area contributed by atoms with Crippen LogP contribution in [0.2, 0.25) is 0 Å². The van der Waals surface area contributed by atoms with Gasteiger partial charge in [0.2, 0.25) is 41.4 Å². The van der Waals surface area contributed by atoms with E-state index >= 15 is 0 Å². The van der Waals surface area contributed by atoms with Crippen molar-refractivity contribution in [3.05, 3.63) is 29.8 Å². The quantitative estimate of drug-likeness (QED) is 0.0732. The summed E-state index contributed by atoms with van der Waals surface area (Å²) in [4.78, 5) is 100. The molecule has 20 heteroatoms. The number of carbonyl (C=O) groups is 7. The van der Waals surface area contributed by atoms with Crippen LogP contribution in [0.15, 0.2) is 24.3 Å². The van der Waals surface area contributed by atoms with E-state index in [1.807, 2.05) is 0 Å². The number of hydrogen-bond donors (Lipinski definition) is 11. The lowest BCUT2D eigenvalue weighted by Crippen LogP contribution is -2.64. The van der Waals surface area contributed by atoms with Crippen LogP contribution in [0.25, 0.3) is 0 Å². The van der Waals surface area contributed by atoms with Crippen molar-refractivity contribution in [1.82, 2.24) is 36.4 Å². The van der Waals surface area contributed by atoms with Gasteiger partial charge in [-0.25, -0.2) is 0 Å². The Hall–Kier alpha value is -4.89. The van der Waals surface area contributed by atoms with Crippen LogP contribution in [0, 0.1) is 5.92 Å². The van der Waals surface area contributed by atoms with Gasteiger partial charge in [-0.05, 0) is 50.8 Å². The molecule has 12 unspecified atom stereocenters. The molecule has 3 heterocycles. The highest BCUT2D eigenvalue weighted by Gasteiger charge is 2.49. The molecule has 0 aliphatic carbocycles. The number of unbranched alkanes of at least 4 members (excludes halogenated alkanes) is 14. The molecule has 3 aliphatic heterocycles. The Kier molecular flexibility index (Phi) is 25.1. The molecule has 0 saturated carbocycles. The molecule has 3 fully saturated rings. The summed E-state index contributed by atoms with van der Waals surface area (Å²) in [6, 6.07) is -3.92. The van der Waals surface area contributed by atoms with E-state index in [2.05, 4.69) is 33.5 Å². The number of phenols is 1. The zero-order valence-corrected chi connectivity index (χ0v) is 42.9. The minimum absolute atomic E-state index is 0.0544. The van der Waals surface area contributed by atoms with Gasteiger partial charge < -0.3 is 67.0 Å². The van der Waals surface area contributed by atoms with Crippen LogP contribution < -0.4 is 26.6 Å². The number of benzene rings is 1. The van der Waals surface area contributed by atoms with E-state index in [4.69, 9.17) is 0 Å². The SMILES string of the molecule is CCCCCCCCCCCCCCCCCC(=O)NC1CCCNC(=O)C2C(O)C(C)CN2C(=O)C(C(C)O)NC(=O)C(C(O)Cc2ccc(O)cc2)NC(=O)C2CC(O)CN2C(=O)C(C(C)O)NC1=O. The van der Waals surface area contributed by atoms with Crippen molar-refractivity contribution in [2.45, 2.75) is 223 Å². The maximum atomic E-state index is 14.3. The summed E-state index contributed by atoms with van der Waals surface area (Å²) in [6.45, 7) is 5.65. The average molecular weight is 1020 g/mol. The number of nitrogens with one attached hydrogen (secondary N) is 5. The van der Waals surface area contributed by atoms with Crippen molar-refractivity contribution in [2.24, 2.45) is 5.92 Å². The normalized spacial score (nSPS) is 27.4. The Morgan fingerprint density at radius 3 is 1.75 bits per heavy atom. The largest absolute Gasteiger partial charge is 0.508 e. The second-order valence-electron chi connectivity index (χ2n) is 20.4. The third kappa shape index (κ3) is 18.2. The summed E-state index contributed by atoms with van der Waals surface area (Å²) in [5.74, 6) is -6.81. The lowest BCUT2D eigenvalue weighted by Gasteiger charge is -2.33. The maximum absolute atomic E-state index is 14.3. The van der Waals surface area contributed by atoms with E-state index in [0.717, 1.165) is 35.5 Å². The van der Waals surface area contributed by atoms with Gasteiger partial charge in [-0.3, -0.25) is 33.6 Å². The highest BCUT2D eigenvalue weighted by molar-refractivity contribution is 5.98. The average Bonchev–Trinajstić information content (AvgIpc) is 3.88. The number of aliphatic hydroxyl groups is 5. The van der Waals surface area contributed by atoms with Crippen LogP contribution in [0.1, 0.15) is 155 Å². The highest BCUT2D eigenvalue weighted by Crippen LogP contribution is 2.26. The first kappa shape index (κ1) is 59.7. The summed E-state index contributed by atoms with van der Waals surface area (Å²) in [6.07, 6.45) is 9.35. The number of phenolic OH excluding ortho intramolecular Hbond substituents is 1. The third-order valence-corrected chi connectivity index (χ3v) is 14.2. The number of carbonyl (C=O) groups excluding carboxylic acids is 7. The molecule has 12 atom stereocenters. The number of fused-ring (bicyclic) bond motifs is 2. The molecule has 0 radical (unpaired) electrons. The van der Waals surface area contributed by atoms with Gasteiger partial charge in [0, 0.05) is 44.8 Å². The first-order chi connectivity index (χ1) is 34.3. The maximum Gasteiger partial charge on any atom is 0.248 e. The van der Waals surface area contributed by atoms with Crippen LogP contribution in [0.5, 0.6) is 5.75 Å². The minimum Gasteiger partial charge on any atom is -0.508 e. The molecule has 1 aromatic carbocycles.